The number of Topliss-reactive ketones (excluding diaryl/α,β-unsaturated/α-hetero) is 2. The van der Waals surface area contributed by atoms with E-state index in [2.05, 4.69) is 4.98 Å². The molecule has 1 heterocycles. The van der Waals surface area contributed by atoms with Crippen LogP contribution in [0.1, 0.15) is 17.5 Å². The third-order valence-electron chi connectivity index (χ3n) is 7.90. The predicted molar refractivity (Wildman–Crippen MR) is 134 cm³/mol. The molecule has 1 fully saturated rings. The predicted octanol–water partition coefficient (Wildman–Crippen LogP) is 1.03. The monoisotopic (exact) mass is 521 g/mol. The Balaban J connectivity index is 1.75. The largest absolute Gasteiger partial charge is 0.508 e. The molecule has 0 bridgehead atoms. The van der Waals surface area contributed by atoms with E-state index in [-0.39, 0.29) is 29.7 Å². The number of nitrogens with zero attached hydrogens (tertiary/aromatic N) is 2. The maximum absolute atomic E-state index is 13.9. The summed E-state index contributed by atoms with van der Waals surface area (Å²) in [5.41, 5.74) is 3.37. The zero-order valence-corrected chi connectivity index (χ0v) is 20.9. The average molecular weight is 522 g/mol. The minimum atomic E-state index is -2.68. The van der Waals surface area contributed by atoms with E-state index in [4.69, 9.17) is 10.5 Å². The van der Waals surface area contributed by atoms with Crippen LogP contribution in [0, 0.1) is 11.8 Å². The first-order chi connectivity index (χ1) is 17.9. The van der Waals surface area contributed by atoms with Crippen molar-refractivity contribution in [2.75, 3.05) is 21.2 Å². The number of rotatable bonds is 4. The van der Waals surface area contributed by atoms with E-state index in [0.717, 1.165) is 0 Å². The number of carbonyl (C=O) groups excluding carboxylic acids is 3. The topological polar surface area (TPSA) is 184 Å². The fraction of sp³-hybridized carbons (Fsp3) is 0.333. The first-order valence-corrected chi connectivity index (χ1v) is 11.9. The number of methoxy groups -OCH3 is 1. The molecule has 11 heteroatoms. The van der Waals surface area contributed by atoms with Gasteiger partial charge in [-0.2, -0.15) is 0 Å². The number of ether oxygens (including phenoxy) is 1. The van der Waals surface area contributed by atoms with Crippen molar-refractivity contribution in [3.05, 3.63) is 58.6 Å². The Morgan fingerprint density at radius 2 is 1.87 bits per heavy atom. The number of phenols is 1. The Hall–Kier alpha value is -4.22. The highest BCUT2D eigenvalue weighted by molar-refractivity contribution is 6.24. The van der Waals surface area contributed by atoms with E-state index in [1.807, 2.05) is 0 Å². The van der Waals surface area contributed by atoms with Gasteiger partial charge in [-0.25, -0.2) is 0 Å². The lowest BCUT2D eigenvalue weighted by Crippen LogP contribution is -2.65. The summed E-state index contributed by atoms with van der Waals surface area (Å²) < 4.78 is 5.47. The molecule has 11 nitrogen and oxygen atoms in total. The molecule has 5 rings (SSSR count). The third-order valence-corrected chi connectivity index (χ3v) is 7.90. The van der Waals surface area contributed by atoms with Gasteiger partial charge >= 0.3 is 0 Å². The molecule has 1 aromatic carbocycles. The number of primary amides is 1. The molecule has 3 aliphatic rings. The Kier molecular flexibility index (Phi) is 5.80. The lowest BCUT2D eigenvalue weighted by atomic mass is 9.57. The summed E-state index contributed by atoms with van der Waals surface area (Å²) in [6.45, 7) is 0. The zero-order chi connectivity index (χ0) is 27.7. The van der Waals surface area contributed by atoms with Gasteiger partial charge < -0.3 is 30.9 Å². The van der Waals surface area contributed by atoms with Gasteiger partial charge in [-0.3, -0.25) is 24.3 Å². The maximum atomic E-state index is 13.9. The number of nitrogens with two attached hydrogens (primary N) is 1. The van der Waals surface area contributed by atoms with Crippen LogP contribution in [0.3, 0.4) is 0 Å². The van der Waals surface area contributed by atoms with E-state index in [9.17, 15) is 34.8 Å². The summed E-state index contributed by atoms with van der Waals surface area (Å²) in [5.74, 6) is -6.40. The number of amides is 1. The first-order valence-electron chi connectivity index (χ1n) is 11.9. The number of likely N-dealkylation sites (N-methyl/N-ethyl adjacent to an activating group) is 1. The quantitative estimate of drug-likeness (QED) is 0.364. The van der Waals surface area contributed by atoms with E-state index < -0.39 is 58.0 Å². The summed E-state index contributed by atoms with van der Waals surface area (Å²) in [7, 11) is 4.61. The Morgan fingerprint density at radius 1 is 1.16 bits per heavy atom. The second-order valence-corrected chi connectivity index (χ2v) is 10.0. The number of aromatic hydroxyl groups is 1. The average Bonchev–Trinajstić information content (AvgIpc) is 2.86. The number of hydrogen-bond donors (Lipinski definition) is 5. The van der Waals surface area contributed by atoms with Gasteiger partial charge in [0.1, 0.15) is 28.6 Å². The molecule has 1 saturated carbocycles. The number of carbonyl (C=O) groups is 3. The summed E-state index contributed by atoms with van der Waals surface area (Å²) >= 11 is 0. The van der Waals surface area contributed by atoms with Crippen LogP contribution in [0.4, 0.5) is 0 Å². The molecule has 0 saturated heterocycles. The van der Waals surface area contributed by atoms with E-state index >= 15 is 0 Å². The number of aromatic nitrogens is 1. The highest BCUT2D eigenvalue weighted by Gasteiger charge is 2.64. The smallest absolute Gasteiger partial charge is 0.255 e. The van der Waals surface area contributed by atoms with Crippen molar-refractivity contribution in [1.82, 2.24) is 9.88 Å². The molecule has 2 unspecified atom stereocenters. The number of ketones is 2. The van der Waals surface area contributed by atoms with Gasteiger partial charge in [0.25, 0.3) is 5.91 Å². The van der Waals surface area contributed by atoms with Crippen LogP contribution in [0.5, 0.6) is 11.5 Å². The van der Waals surface area contributed by atoms with E-state index in [1.165, 1.54) is 18.1 Å². The second kappa shape index (κ2) is 8.67. The van der Waals surface area contributed by atoms with Crippen molar-refractivity contribution >= 4 is 23.2 Å². The molecule has 2 aromatic rings. The molecule has 0 radical (unpaired) electrons. The maximum Gasteiger partial charge on any atom is 0.255 e. The molecule has 1 amide bonds. The van der Waals surface area contributed by atoms with Gasteiger partial charge in [-0.1, -0.05) is 6.07 Å². The fourth-order valence-electron chi connectivity index (χ4n) is 6.26. The summed E-state index contributed by atoms with van der Waals surface area (Å²) in [6, 6.07) is 3.55. The highest BCUT2D eigenvalue weighted by Crippen LogP contribution is 2.53. The van der Waals surface area contributed by atoms with Gasteiger partial charge in [0.05, 0.1) is 18.7 Å². The Labute approximate surface area is 217 Å². The van der Waals surface area contributed by atoms with Crippen LogP contribution in [0.15, 0.2) is 47.5 Å². The third kappa shape index (κ3) is 3.28. The molecular weight excluding hydrogens is 494 g/mol. The van der Waals surface area contributed by atoms with Crippen molar-refractivity contribution in [2.24, 2.45) is 17.6 Å². The molecule has 38 heavy (non-hydrogen) atoms. The molecule has 6 N–H and O–H groups in total. The van der Waals surface area contributed by atoms with Crippen LogP contribution in [-0.2, 0) is 20.8 Å². The number of fused-ring (bicyclic) bond motifs is 3. The van der Waals surface area contributed by atoms with Crippen LogP contribution in [-0.4, -0.2) is 80.6 Å². The molecule has 0 spiro atoms. The van der Waals surface area contributed by atoms with Crippen molar-refractivity contribution in [2.45, 2.75) is 24.5 Å². The molecular formula is C27H27N3O8. The number of hydrogen-bond acceptors (Lipinski definition) is 10. The molecule has 1 aromatic heterocycles. The summed E-state index contributed by atoms with van der Waals surface area (Å²) in [6.07, 6.45) is 3.32. The Morgan fingerprint density at radius 3 is 2.50 bits per heavy atom. The minimum absolute atomic E-state index is 0.00435. The van der Waals surface area contributed by atoms with Gasteiger partial charge in [0.2, 0.25) is 5.78 Å². The van der Waals surface area contributed by atoms with Gasteiger partial charge in [-0.05, 0) is 56.1 Å². The number of pyridine rings is 1. The standard InChI is InChI=1S/C27H27N3O8/c1-30(2)21-15-9-11-8-13-12(14-10-29-7-6-17(14)38-3)4-5-16(31)19(13)22(32)18(11)24(34)27(15,37)25(35)20(23(21)33)26(28)36/h4-7,10-11,15,21,31-32,35,37H,8-9H2,1-3H3,(H2,28,36)/t11?,15?,21-,27-/m0/s1. The van der Waals surface area contributed by atoms with Gasteiger partial charge in [-0.15, -0.1) is 0 Å². The highest BCUT2D eigenvalue weighted by atomic mass is 16.5. The minimum Gasteiger partial charge on any atom is -0.508 e. The zero-order valence-electron chi connectivity index (χ0n) is 20.9. The molecule has 0 aliphatic heterocycles. The molecule has 4 atom stereocenters. The van der Waals surface area contributed by atoms with E-state index in [0.29, 0.717) is 22.4 Å². The van der Waals surface area contributed by atoms with Crippen LogP contribution in [0.25, 0.3) is 16.9 Å². The number of aliphatic hydroxyl groups is 3. The van der Waals surface area contributed by atoms with E-state index in [1.54, 1.807) is 38.6 Å². The molecule has 3 aliphatic carbocycles. The molecule has 198 valence electrons. The SMILES string of the molecule is COc1ccncc1-c1ccc(O)c2c1CC1CC3[C@H](N(C)C)C(=O)C(C(N)=O)=C(O)[C@@]3(O)C(=O)C1=C2O. The van der Waals surface area contributed by atoms with Crippen LogP contribution in [0.2, 0.25) is 0 Å². The second-order valence-electron chi connectivity index (χ2n) is 10.0. The fourth-order valence-corrected chi connectivity index (χ4v) is 6.26. The number of phenolic OH excluding ortho intramolecular Hbond substituents is 1. The van der Waals surface area contributed by atoms with Crippen molar-refractivity contribution < 1.29 is 39.5 Å². The summed E-state index contributed by atoms with van der Waals surface area (Å²) in [4.78, 5) is 44.8. The first kappa shape index (κ1) is 25.4. The summed E-state index contributed by atoms with van der Waals surface area (Å²) in [5, 5.41) is 44.7. The number of benzene rings is 1. The lowest BCUT2D eigenvalue weighted by Gasteiger charge is -2.50. The van der Waals surface area contributed by atoms with Gasteiger partial charge in [0, 0.05) is 29.4 Å². The van der Waals surface area contributed by atoms with Crippen molar-refractivity contribution in [3.8, 4) is 22.6 Å². The lowest BCUT2D eigenvalue weighted by molar-refractivity contribution is -0.153. The van der Waals surface area contributed by atoms with Crippen molar-refractivity contribution in [3.63, 3.8) is 0 Å². The normalized spacial score (nSPS) is 26.7. The van der Waals surface area contributed by atoms with Crippen molar-refractivity contribution in [1.29, 1.82) is 0 Å². The van der Waals surface area contributed by atoms with Gasteiger partial charge in [0.15, 0.2) is 11.4 Å². The van der Waals surface area contributed by atoms with Crippen LogP contribution >= 0.6 is 0 Å². The number of aliphatic hydroxyl groups excluding tert-OH is 2. The van der Waals surface area contributed by atoms with Crippen LogP contribution < -0.4 is 10.5 Å². The Bertz CT molecular complexity index is 1480.